The van der Waals surface area contributed by atoms with E-state index in [1.807, 2.05) is 0 Å². The summed E-state index contributed by atoms with van der Waals surface area (Å²) in [5, 5.41) is 0. The molecule has 4 aliphatic heterocycles. The molecule has 0 aromatic heterocycles. The summed E-state index contributed by atoms with van der Waals surface area (Å²) in [6.45, 7) is 0.245. The Bertz CT molecular complexity index is 2400. The highest BCUT2D eigenvalue weighted by molar-refractivity contribution is 7.04. The molecule has 0 bridgehead atoms. The van der Waals surface area contributed by atoms with Gasteiger partial charge in [0.1, 0.15) is 0 Å². The largest absolute Gasteiger partial charge is 0.312 e. The van der Waals surface area contributed by atoms with E-state index < -0.39 is 0 Å². The molecule has 7 aromatic rings. The minimum absolute atomic E-state index is 0.113. The minimum Gasteiger partial charge on any atom is -0.312 e. The molecule has 4 aliphatic rings. The molecule has 7 aromatic carbocycles. The Morgan fingerprint density at radius 3 is 1.23 bits per heavy atom. The van der Waals surface area contributed by atoms with Crippen molar-refractivity contribution < 1.29 is 0 Å². The van der Waals surface area contributed by atoms with Gasteiger partial charge in [0.05, 0.1) is 0 Å². The summed E-state index contributed by atoms with van der Waals surface area (Å²) < 4.78 is 0. The van der Waals surface area contributed by atoms with Crippen molar-refractivity contribution in [3.05, 3.63) is 164 Å². The van der Waals surface area contributed by atoms with Crippen LogP contribution in [0.5, 0.6) is 0 Å². The van der Waals surface area contributed by atoms with Crippen molar-refractivity contribution in [1.82, 2.24) is 0 Å². The predicted molar refractivity (Wildman–Crippen MR) is 200 cm³/mol. The van der Waals surface area contributed by atoms with Gasteiger partial charge in [0.15, 0.2) is 0 Å². The molecule has 0 spiro atoms. The van der Waals surface area contributed by atoms with E-state index in [1.165, 1.54) is 84.0 Å². The molecule has 0 radical (unpaired) electrons. The molecule has 216 valence electrons. The number of hydrogen-bond acceptors (Lipinski definition) is 3. The molecule has 47 heavy (non-hydrogen) atoms. The zero-order valence-electron chi connectivity index (χ0n) is 25.6. The lowest BCUT2D eigenvalue weighted by atomic mass is 9.29. The molecular formula is C42H27B2N3. The zero-order valence-corrected chi connectivity index (χ0v) is 25.6. The third-order valence-corrected chi connectivity index (χ3v) is 10.6. The molecule has 3 nitrogen and oxygen atoms in total. The van der Waals surface area contributed by atoms with Crippen molar-refractivity contribution in [2.45, 2.75) is 0 Å². The topological polar surface area (TPSA) is 9.72 Å². The second kappa shape index (κ2) is 9.31. The summed E-state index contributed by atoms with van der Waals surface area (Å²) in [5.74, 6) is 0. The lowest BCUT2D eigenvalue weighted by molar-refractivity contribution is 1.24. The van der Waals surface area contributed by atoms with Crippen molar-refractivity contribution in [1.29, 1.82) is 0 Å². The van der Waals surface area contributed by atoms with Crippen LogP contribution in [-0.4, -0.2) is 13.4 Å². The summed E-state index contributed by atoms with van der Waals surface area (Å²) in [4.78, 5) is 7.52. The highest BCUT2D eigenvalue weighted by Crippen LogP contribution is 2.47. The van der Waals surface area contributed by atoms with Gasteiger partial charge in [-0.15, -0.1) is 0 Å². The fourth-order valence-electron chi connectivity index (χ4n) is 8.91. The number of rotatable bonds is 2. The fourth-order valence-corrected chi connectivity index (χ4v) is 8.91. The van der Waals surface area contributed by atoms with Crippen molar-refractivity contribution in [2.75, 3.05) is 14.7 Å². The van der Waals surface area contributed by atoms with E-state index in [-0.39, 0.29) is 13.4 Å². The minimum atomic E-state index is 0.113. The number of nitrogens with zero attached hydrogens (tertiary/aromatic N) is 3. The van der Waals surface area contributed by atoms with Crippen LogP contribution in [-0.2, 0) is 0 Å². The molecule has 0 fully saturated rings. The summed E-state index contributed by atoms with van der Waals surface area (Å²) >= 11 is 0. The molecule has 0 unspecified atom stereocenters. The predicted octanol–water partition coefficient (Wildman–Crippen LogP) is 6.38. The number of benzene rings is 7. The van der Waals surface area contributed by atoms with Crippen LogP contribution in [0.4, 0.5) is 51.2 Å². The Kier molecular flexibility index (Phi) is 5.01. The first-order valence-corrected chi connectivity index (χ1v) is 16.5. The van der Waals surface area contributed by atoms with E-state index >= 15 is 0 Å². The molecule has 0 N–H and O–H groups in total. The van der Waals surface area contributed by atoms with Gasteiger partial charge in [-0.2, -0.15) is 0 Å². The maximum absolute atomic E-state index is 2.59. The zero-order chi connectivity index (χ0) is 30.6. The van der Waals surface area contributed by atoms with Crippen molar-refractivity contribution >= 4 is 97.4 Å². The molecule has 0 saturated carbocycles. The molecule has 0 amide bonds. The van der Waals surface area contributed by atoms with Crippen LogP contribution < -0.4 is 47.5 Å². The van der Waals surface area contributed by atoms with Crippen molar-refractivity contribution in [3.8, 4) is 0 Å². The first-order valence-electron chi connectivity index (χ1n) is 16.5. The van der Waals surface area contributed by atoms with Crippen molar-refractivity contribution in [3.63, 3.8) is 0 Å². The quantitative estimate of drug-likeness (QED) is 0.215. The third-order valence-electron chi connectivity index (χ3n) is 10.6. The maximum atomic E-state index is 2.59. The molecular weight excluding hydrogens is 568 g/mol. The standard InChI is InChI=1S/C42H27B2N3/c1-3-14-28(15-4-1)45-35-22-11-8-19-31(35)44-33-26-27-39-41-42(33)47(38-25-13-24-37(45)40(38)44)36-23-12-9-20-32(36)43(41)30-18-7-10-21-34(30)46(39)29-16-5-2-6-17-29/h1-27H. The Labute approximate surface area is 275 Å². The average molecular weight is 595 g/mol. The monoisotopic (exact) mass is 595 g/mol. The van der Waals surface area contributed by atoms with E-state index in [1.54, 1.807) is 0 Å². The first-order chi connectivity index (χ1) is 23.4. The Hall–Kier alpha value is -5.93. The molecule has 5 heteroatoms. The van der Waals surface area contributed by atoms with Crippen LogP contribution in [0.15, 0.2) is 164 Å². The normalized spacial score (nSPS) is 14.2. The van der Waals surface area contributed by atoms with Crippen LogP contribution in [0.3, 0.4) is 0 Å². The van der Waals surface area contributed by atoms with Crippen molar-refractivity contribution in [2.24, 2.45) is 0 Å². The summed E-state index contributed by atoms with van der Waals surface area (Å²) in [6, 6.07) is 60.5. The van der Waals surface area contributed by atoms with E-state index in [2.05, 4.69) is 178 Å². The highest BCUT2D eigenvalue weighted by Gasteiger charge is 2.50. The van der Waals surface area contributed by atoms with Gasteiger partial charge >= 0.3 is 0 Å². The Balaban J connectivity index is 1.27. The smallest absolute Gasteiger partial charge is 0.252 e. The molecule has 4 heterocycles. The second-order valence-electron chi connectivity index (χ2n) is 12.9. The van der Waals surface area contributed by atoms with Gasteiger partial charge in [0.2, 0.25) is 0 Å². The van der Waals surface area contributed by atoms with E-state index in [0.29, 0.717) is 0 Å². The Morgan fingerprint density at radius 2 is 0.681 bits per heavy atom. The van der Waals surface area contributed by atoms with Crippen LogP contribution in [0.1, 0.15) is 0 Å². The van der Waals surface area contributed by atoms with Crippen LogP contribution >= 0.6 is 0 Å². The lowest BCUT2D eigenvalue weighted by Crippen LogP contribution is -2.68. The van der Waals surface area contributed by atoms with Gasteiger partial charge in [-0.3, -0.25) is 0 Å². The summed E-state index contributed by atoms with van der Waals surface area (Å²) in [6.07, 6.45) is 0. The molecule has 0 atom stereocenters. The maximum Gasteiger partial charge on any atom is 0.252 e. The van der Waals surface area contributed by atoms with Gasteiger partial charge in [0.25, 0.3) is 13.4 Å². The number of para-hydroxylation sites is 5. The molecule has 11 rings (SSSR count). The van der Waals surface area contributed by atoms with Gasteiger partial charge in [-0.1, -0.05) is 103 Å². The van der Waals surface area contributed by atoms with Gasteiger partial charge in [0, 0.05) is 51.2 Å². The first kappa shape index (κ1) is 25.3. The van der Waals surface area contributed by atoms with Crippen LogP contribution in [0, 0.1) is 0 Å². The average Bonchev–Trinajstić information content (AvgIpc) is 3.14. The number of fused-ring (bicyclic) bond motifs is 9. The van der Waals surface area contributed by atoms with Crippen LogP contribution in [0.25, 0.3) is 0 Å². The highest BCUT2D eigenvalue weighted by atomic mass is 15.2. The lowest BCUT2D eigenvalue weighted by Gasteiger charge is -2.49. The van der Waals surface area contributed by atoms with Gasteiger partial charge in [-0.25, -0.2) is 0 Å². The number of anilines is 9. The fraction of sp³-hybridized carbons (Fsp3) is 0. The SMILES string of the molecule is c1ccc(N2c3ccccc3B3c4ccc5c6c4N(c4ccccc4B6c4ccccc4N5c4ccccc4)c4cccc2c43)cc1. The van der Waals surface area contributed by atoms with Gasteiger partial charge in [-0.05, 0) is 93.4 Å². The second-order valence-corrected chi connectivity index (χ2v) is 12.9. The summed E-state index contributed by atoms with van der Waals surface area (Å²) in [5.41, 5.74) is 19.4. The summed E-state index contributed by atoms with van der Waals surface area (Å²) in [7, 11) is 0. The van der Waals surface area contributed by atoms with Gasteiger partial charge < -0.3 is 14.7 Å². The Morgan fingerprint density at radius 1 is 0.277 bits per heavy atom. The number of hydrogen-bond donors (Lipinski definition) is 0. The molecule has 0 saturated heterocycles. The van der Waals surface area contributed by atoms with E-state index in [0.717, 1.165) is 0 Å². The third kappa shape index (κ3) is 3.23. The van der Waals surface area contributed by atoms with E-state index in [4.69, 9.17) is 0 Å². The molecule has 0 aliphatic carbocycles. The van der Waals surface area contributed by atoms with E-state index in [9.17, 15) is 0 Å². The van der Waals surface area contributed by atoms with Crippen LogP contribution in [0.2, 0.25) is 0 Å².